The average Bonchev–Trinajstić information content (AvgIpc) is 3.08. The van der Waals surface area contributed by atoms with Crippen molar-refractivity contribution < 1.29 is 18.0 Å². The second-order valence-electron chi connectivity index (χ2n) is 6.11. The van der Waals surface area contributed by atoms with Crippen molar-refractivity contribution in [1.29, 1.82) is 0 Å². The SMILES string of the molecule is O=C(Nc1ccc(CN2CCCCC2)cc1)c1nc[nH]c1C(F)(F)F. The number of nitrogens with one attached hydrogen (secondary N) is 2. The number of hydrogen-bond donors (Lipinski definition) is 2. The molecule has 1 aliphatic heterocycles. The molecule has 1 aromatic carbocycles. The van der Waals surface area contributed by atoms with E-state index in [1.807, 2.05) is 17.1 Å². The van der Waals surface area contributed by atoms with Gasteiger partial charge in [0.25, 0.3) is 5.91 Å². The Hall–Kier alpha value is -2.35. The van der Waals surface area contributed by atoms with Gasteiger partial charge in [0.15, 0.2) is 11.4 Å². The van der Waals surface area contributed by atoms with Crippen LogP contribution < -0.4 is 5.32 Å². The third-order valence-electron chi connectivity index (χ3n) is 4.20. The van der Waals surface area contributed by atoms with Crippen molar-refractivity contribution in [1.82, 2.24) is 14.9 Å². The molecule has 0 unspecified atom stereocenters. The number of benzene rings is 1. The third-order valence-corrected chi connectivity index (χ3v) is 4.20. The molecule has 2 N–H and O–H groups in total. The fourth-order valence-electron chi connectivity index (χ4n) is 2.94. The molecule has 0 radical (unpaired) electrons. The summed E-state index contributed by atoms with van der Waals surface area (Å²) in [6.07, 6.45) is -0.103. The molecular formula is C17H19F3N4O. The molecule has 0 saturated carbocycles. The smallest absolute Gasteiger partial charge is 0.340 e. The number of alkyl halides is 3. The van der Waals surface area contributed by atoms with Crippen LogP contribution in [0.4, 0.5) is 18.9 Å². The zero-order valence-electron chi connectivity index (χ0n) is 13.6. The van der Waals surface area contributed by atoms with E-state index in [1.54, 1.807) is 12.1 Å². The van der Waals surface area contributed by atoms with Crippen LogP contribution in [0.3, 0.4) is 0 Å². The standard InChI is InChI=1S/C17H19F3N4O/c18-17(19,20)15-14(21-11-22-15)16(25)23-13-6-4-12(5-7-13)10-24-8-2-1-3-9-24/h4-7,11H,1-3,8-10H2,(H,21,22)(H,23,25). The van der Waals surface area contributed by atoms with E-state index in [1.165, 1.54) is 19.3 Å². The van der Waals surface area contributed by atoms with E-state index < -0.39 is 23.5 Å². The van der Waals surface area contributed by atoms with Gasteiger partial charge in [-0.2, -0.15) is 13.2 Å². The molecule has 0 spiro atoms. The van der Waals surface area contributed by atoms with Gasteiger partial charge in [0.1, 0.15) is 0 Å². The highest BCUT2D eigenvalue weighted by Crippen LogP contribution is 2.30. The summed E-state index contributed by atoms with van der Waals surface area (Å²) in [5.41, 5.74) is -0.268. The number of carbonyl (C=O) groups excluding carboxylic acids is 1. The Morgan fingerprint density at radius 3 is 2.48 bits per heavy atom. The largest absolute Gasteiger partial charge is 0.433 e. The maximum Gasteiger partial charge on any atom is 0.433 e. The highest BCUT2D eigenvalue weighted by atomic mass is 19.4. The highest BCUT2D eigenvalue weighted by molar-refractivity contribution is 6.03. The van der Waals surface area contributed by atoms with Crippen molar-refractivity contribution in [2.45, 2.75) is 32.0 Å². The molecule has 5 nitrogen and oxygen atoms in total. The van der Waals surface area contributed by atoms with Crippen molar-refractivity contribution in [3.05, 3.63) is 47.5 Å². The number of nitrogens with zero attached hydrogens (tertiary/aromatic N) is 2. The fourth-order valence-corrected chi connectivity index (χ4v) is 2.94. The summed E-state index contributed by atoms with van der Waals surface area (Å²) in [6, 6.07) is 7.13. The number of imidazole rings is 1. The van der Waals surface area contributed by atoms with Crippen LogP contribution in [0, 0.1) is 0 Å². The van der Waals surface area contributed by atoms with E-state index in [2.05, 4.69) is 15.2 Å². The van der Waals surface area contributed by atoms with Gasteiger partial charge < -0.3 is 10.3 Å². The van der Waals surface area contributed by atoms with E-state index in [0.717, 1.165) is 31.5 Å². The fraction of sp³-hybridized carbons (Fsp3) is 0.412. The van der Waals surface area contributed by atoms with E-state index in [0.29, 0.717) is 5.69 Å². The number of aromatic nitrogens is 2. The minimum Gasteiger partial charge on any atom is -0.340 e. The van der Waals surface area contributed by atoms with Crippen molar-refractivity contribution in [3.63, 3.8) is 0 Å². The van der Waals surface area contributed by atoms with Gasteiger partial charge in [-0.3, -0.25) is 9.69 Å². The van der Waals surface area contributed by atoms with Gasteiger partial charge in [0, 0.05) is 12.2 Å². The Bertz CT molecular complexity index is 718. The van der Waals surface area contributed by atoms with Crippen molar-refractivity contribution in [2.24, 2.45) is 0 Å². The molecule has 1 amide bonds. The summed E-state index contributed by atoms with van der Waals surface area (Å²) in [5, 5.41) is 2.45. The lowest BCUT2D eigenvalue weighted by Gasteiger charge is -2.26. The van der Waals surface area contributed by atoms with Crippen LogP contribution in [0.25, 0.3) is 0 Å². The number of piperidine rings is 1. The van der Waals surface area contributed by atoms with Gasteiger partial charge in [0.2, 0.25) is 0 Å². The summed E-state index contributed by atoms with van der Waals surface area (Å²) < 4.78 is 38.4. The normalized spacial score (nSPS) is 16.0. The second kappa shape index (κ2) is 7.26. The molecule has 25 heavy (non-hydrogen) atoms. The van der Waals surface area contributed by atoms with Crippen molar-refractivity contribution >= 4 is 11.6 Å². The van der Waals surface area contributed by atoms with E-state index in [4.69, 9.17) is 0 Å². The second-order valence-corrected chi connectivity index (χ2v) is 6.11. The zero-order valence-corrected chi connectivity index (χ0v) is 13.6. The minimum atomic E-state index is -4.65. The van der Waals surface area contributed by atoms with Gasteiger partial charge in [-0.25, -0.2) is 4.98 Å². The molecule has 2 heterocycles. The predicted octanol–water partition coefficient (Wildman–Crippen LogP) is 3.67. The lowest BCUT2D eigenvalue weighted by atomic mass is 10.1. The first kappa shape index (κ1) is 17.5. The summed E-state index contributed by atoms with van der Waals surface area (Å²) in [5.74, 6) is -0.891. The molecule has 1 saturated heterocycles. The Labute approximate surface area is 143 Å². The third kappa shape index (κ3) is 4.39. The number of hydrogen-bond acceptors (Lipinski definition) is 3. The van der Waals surface area contributed by atoms with Crippen molar-refractivity contribution in [3.8, 4) is 0 Å². The molecule has 3 rings (SSSR count). The van der Waals surface area contributed by atoms with E-state index in [9.17, 15) is 18.0 Å². The first-order valence-corrected chi connectivity index (χ1v) is 8.17. The molecule has 0 atom stereocenters. The quantitative estimate of drug-likeness (QED) is 0.883. The Kier molecular flexibility index (Phi) is 5.08. The Morgan fingerprint density at radius 2 is 1.84 bits per heavy atom. The lowest BCUT2D eigenvalue weighted by molar-refractivity contribution is -0.141. The van der Waals surface area contributed by atoms with Gasteiger partial charge in [-0.05, 0) is 43.6 Å². The number of aromatic amines is 1. The molecule has 1 aliphatic rings. The zero-order chi connectivity index (χ0) is 17.9. The van der Waals surface area contributed by atoms with Crippen LogP contribution in [-0.4, -0.2) is 33.9 Å². The number of anilines is 1. The monoisotopic (exact) mass is 352 g/mol. The van der Waals surface area contributed by atoms with Crippen LogP contribution in [-0.2, 0) is 12.7 Å². The molecule has 0 bridgehead atoms. The summed E-state index contributed by atoms with van der Waals surface area (Å²) in [6.45, 7) is 3.00. The molecule has 0 aliphatic carbocycles. The van der Waals surface area contributed by atoms with Gasteiger partial charge in [0.05, 0.1) is 6.33 Å². The number of likely N-dealkylation sites (tertiary alicyclic amines) is 1. The Balaban J connectivity index is 1.63. The van der Waals surface area contributed by atoms with Crippen molar-refractivity contribution in [2.75, 3.05) is 18.4 Å². The molecule has 8 heteroatoms. The Morgan fingerprint density at radius 1 is 1.16 bits per heavy atom. The van der Waals surface area contributed by atoms with Gasteiger partial charge in [-0.15, -0.1) is 0 Å². The molecule has 134 valence electrons. The van der Waals surface area contributed by atoms with Crippen LogP contribution in [0.5, 0.6) is 0 Å². The van der Waals surface area contributed by atoms with Crippen LogP contribution >= 0.6 is 0 Å². The molecule has 2 aromatic rings. The number of H-pyrrole nitrogens is 1. The predicted molar refractivity (Wildman–Crippen MR) is 87.1 cm³/mol. The van der Waals surface area contributed by atoms with Crippen LogP contribution in [0.15, 0.2) is 30.6 Å². The number of rotatable bonds is 4. The lowest BCUT2D eigenvalue weighted by Crippen LogP contribution is -2.29. The molecule has 1 fully saturated rings. The van der Waals surface area contributed by atoms with E-state index in [-0.39, 0.29) is 0 Å². The number of carbonyl (C=O) groups is 1. The summed E-state index contributed by atoms with van der Waals surface area (Å²) in [7, 11) is 0. The highest BCUT2D eigenvalue weighted by Gasteiger charge is 2.37. The van der Waals surface area contributed by atoms with Crippen LogP contribution in [0.1, 0.15) is 41.0 Å². The van der Waals surface area contributed by atoms with Gasteiger partial charge in [-0.1, -0.05) is 18.6 Å². The first-order chi connectivity index (χ1) is 11.9. The summed E-state index contributed by atoms with van der Waals surface area (Å²) in [4.78, 5) is 19.9. The first-order valence-electron chi connectivity index (χ1n) is 8.17. The number of halogens is 3. The molecular weight excluding hydrogens is 333 g/mol. The average molecular weight is 352 g/mol. The maximum atomic E-state index is 12.8. The van der Waals surface area contributed by atoms with Gasteiger partial charge >= 0.3 is 6.18 Å². The topological polar surface area (TPSA) is 61.0 Å². The minimum absolute atomic E-state index is 0.434. The summed E-state index contributed by atoms with van der Waals surface area (Å²) >= 11 is 0. The number of amides is 1. The van der Waals surface area contributed by atoms with Crippen LogP contribution in [0.2, 0.25) is 0 Å². The maximum absolute atomic E-state index is 12.8. The van der Waals surface area contributed by atoms with E-state index >= 15 is 0 Å². The molecule has 1 aromatic heterocycles.